The van der Waals surface area contributed by atoms with E-state index in [9.17, 15) is 4.39 Å². The maximum Gasteiger partial charge on any atom is 0.159 e. The first kappa shape index (κ1) is 22.5. The highest BCUT2D eigenvalue weighted by Crippen LogP contribution is 2.20. The standard InChI is InChI=1S/C25H37FN2/c1-3-5-7-9-11-12-14-21-19-27-25(28-20-21)23-17-16-22(24(26)18-23)15-13-10-8-6-4-2/h16-20H,3-15H2,1-2H3. The lowest BCUT2D eigenvalue weighted by molar-refractivity contribution is 0.588. The zero-order chi connectivity index (χ0) is 20.0. The summed E-state index contributed by atoms with van der Waals surface area (Å²) in [4.78, 5) is 8.93. The zero-order valence-corrected chi connectivity index (χ0v) is 17.9. The summed E-state index contributed by atoms with van der Waals surface area (Å²) >= 11 is 0. The minimum Gasteiger partial charge on any atom is -0.236 e. The Hall–Kier alpha value is -1.77. The summed E-state index contributed by atoms with van der Waals surface area (Å²) in [6, 6.07) is 5.44. The maximum atomic E-state index is 14.4. The molecule has 28 heavy (non-hydrogen) atoms. The molecule has 3 heteroatoms. The normalized spacial score (nSPS) is 11.1. The van der Waals surface area contributed by atoms with Gasteiger partial charge in [0.2, 0.25) is 0 Å². The average molecular weight is 385 g/mol. The van der Waals surface area contributed by atoms with E-state index in [1.807, 2.05) is 24.5 Å². The van der Waals surface area contributed by atoms with Crippen LogP contribution < -0.4 is 0 Å². The fraction of sp³-hybridized carbons (Fsp3) is 0.600. The van der Waals surface area contributed by atoms with Crippen LogP contribution in [0, 0.1) is 5.82 Å². The molecule has 0 saturated carbocycles. The highest BCUT2D eigenvalue weighted by Gasteiger charge is 2.07. The van der Waals surface area contributed by atoms with Crippen LogP contribution in [0.2, 0.25) is 0 Å². The summed E-state index contributed by atoms with van der Waals surface area (Å²) in [6.45, 7) is 4.45. The molecule has 2 rings (SSSR count). The summed E-state index contributed by atoms with van der Waals surface area (Å²) in [5.74, 6) is 0.479. The lowest BCUT2D eigenvalue weighted by Crippen LogP contribution is -1.96. The molecular weight excluding hydrogens is 347 g/mol. The van der Waals surface area contributed by atoms with Crippen LogP contribution in [0.1, 0.15) is 95.6 Å². The molecule has 0 amide bonds. The van der Waals surface area contributed by atoms with Gasteiger partial charge in [0.05, 0.1) is 0 Å². The van der Waals surface area contributed by atoms with Gasteiger partial charge in [-0.15, -0.1) is 0 Å². The molecule has 2 nitrogen and oxygen atoms in total. The molecule has 0 unspecified atom stereocenters. The van der Waals surface area contributed by atoms with Crippen molar-refractivity contribution in [2.24, 2.45) is 0 Å². The number of unbranched alkanes of at least 4 members (excludes halogenated alkanes) is 9. The lowest BCUT2D eigenvalue weighted by Gasteiger charge is -2.07. The van der Waals surface area contributed by atoms with E-state index in [2.05, 4.69) is 23.8 Å². The van der Waals surface area contributed by atoms with Crippen LogP contribution >= 0.6 is 0 Å². The van der Waals surface area contributed by atoms with Crippen molar-refractivity contribution in [3.63, 3.8) is 0 Å². The fourth-order valence-electron chi connectivity index (χ4n) is 3.55. The highest BCUT2D eigenvalue weighted by molar-refractivity contribution is 5.55. The Morgan fingerprint density at radius 1 is 0.714 bits per heavy atom. The summed E-state index contributed by atoms with van der Waals surface area (Å²) in [6.07, 6.45) is 19.4. The summed E-state index contributed by atoms with van der Waals surface area (Å²) in [5.41, 5.74) is 2.74. The van der Waals surface area contributed by atoms with Gasteiger partial charge in [-0.1, -0.05) is 83.8 Å². The van der Waals surface area contributed by atoms with Crippen molar-refractivity contribution < 1.29 is 4.39 Å². The average Bonchev–Trinajstić information content (AvgIpc) is 2.72. The van der Waals surface area contributed by atoms with Crippen LogP contribution in [0.5, 0.6) is 0 Å². The van der Waals surface area contributed by atoms with Gasteiger partial charge >= 0.3 is 0 Å². The first-order chi connectivity index (χ1) is 13.7. The molecule has 0 fully saturated rings. The minimum atomic E-state index is -0.132. The van der Waals surface area contributed by atoms with Crippen molar-refractivity contribution in [2.45, 2.75) is 97.3 Å². The second kappa shape index (κ2) is 13.4. The van der Waals surface area contributed by atoms with Crippen LogP contribution in [0.25, 0.3) is 11.4 Å². The monoisotopic (exact) mass is 384 g/mol. The van der Waals surface area contributed by atoms with E-state index >= 15 is 0 Å². The number of aromatic nitrogens is 2. The van der Waals surface area contributed by atoms with Crippen LogP contribution in [-0.2, 0) is 12.8 Å². The third-order valence-electron chi connectivity index (χ3n) is 5.39. The van der Waals surface area contributed by atoms with Crippen LogP contribution in [0.4, 0.5) is 4.39 Å². The van der Waals surface area contributed by atoms with Gasteiger partial charge in [0.1, 0.15) is 5.82 Å². The van der Waals surface area contributed by atoms with E-state index < -0.39 is 0 Å². The molecule has 0 aliphatic rings. The quantitative estimate of drug-likeness (QED) is 0.312. The molecule has 154 valence electrons. The van der Waals surface area contributed by atoms with Crippen molar-refractivity contribution in [1.29, 1.82) is 0 Å². The molecule has 0 saturated heterocycles. The minimum absolute atomic E-state index is 0.132. The number of hydrogen-bond donors (Lipinski definition) is 0. The van der Waals surface area contributed by atoms with Gasteiger partial charge in [0.15, 0.2) is 5.82 Å². The smallest absolute Gasteiger partial charge is 0.159 e. The fourth-order valence-corrected chi connectivity index (χ4v) is 3.55. The van der Waals surface area contributed by atoms with E-state index in [1.165, 1.54) is 69.8 Å². The molecule has 1 heterocycles. The summed E-state index contributed by atoms with van der Waals surface area (Å²) in [7, 11) is 0. The largest absolute Gasteiger partial charge is 0.236 e. The Bertz CT molecular complexity index is 667. The number of benzene rings is 1. The third kappa shape index (κ3) is 8.08. The summed E-state index contributed by atoms with van der Waals surface area (Å²) < 4.78 is 14.4. The Balaban J connectivity index is 1.81. The molecule has 1 aromatic heterocycles. The first-order valence-electron chi connectivity index (χ1n) is 11.3. The van der Waals surface area contributed by atoms with Crippen molar-refractivity contribution in [3.05, 3.63) is 47.5 Å². The van der Waals surface area contributed by atoms with E-state index in [-0.39, 0.29) is 5.82 Å². The van der Waals surface area contributed by atoms with Gasteiger partial charge in [-0.25, -0.2) is 14.4 Å². The van der Waals surface area contributed by atoms with Crippen LogP contribution in [0.3, 0.4) is 0 Å². The highest BCUT2D eigenvalue weighted by atomic mass is 19.1. The van der Waals surface area contributed by atoms with E-state index in [1.54, 1.807) is 6.07 Å². The van der Waals surface area contributed by atoms with Gasteiger partial charge < -0.3 is 0 Å². The summed E-state index contributed by atoms with van der Waals surface area (Å²) in [5, 5.41) is 0. The Morgan fingerprint density at radius 3 is 1.89 bits per heavy atom. The van der Waals surface area contributed by atoms with E-state index in [4.69, 9.17) is 0 Å². The molecule has 0 atom stereocenters. The zero-order valence-electron chi connectivity index (χ0n) is 17.9. The van der Waals surface area contributed by atoms with Crippen molar-refractivity contribution in [3.8, 4) is 11.4 Å². The first-order valence-corrected chi connectivity index (χ1v) is 11.3. The molecule has 0 aliphatic carbocycles. The van der Waals surface area contributed by atoms with Crippen molar-refractivity contribution in [1.82, 2.24) is 9.97 Å². The van der Waals surface area contributed by atoms with E-state index in [0.717, 1.165) is 30.4 Å². The number of hydrogen-bond acceptors (Lipinski definition) is 2. The third-order valence-corrected chi connectivity index (χ3v) is 5.39. The SMILES string of the molecule is CCCCCCCCc1cnc(-c2ccc(CCCCCCC)c(F)c2)nc1. The molecule has 0 radical (unpaired) electrons. The molecule has 0 aliphatic heterocycles. The number of rotatable bonds is 14. The molecular formula is C25H37FN2. The number of aryl methyl sites for hydroxylation is 2. The second-order valence-corrected chi connectivity index (χ2v) is 7.90. The number of nitrogens with zero attached hydrogens (tertiary/aromatic N) is 2. The molecule has 1 aromatic carbocycles. The second-order valence-electron chi connectivity index (χ2n) is 7.90. The molecule has 0 bridgehead atoms. The molecule has 0 spiro atoms. The predicted molar refractivity (Wildman–Crippen MR) is 117 cm³/mol. The number of halogens is 1. The topological polar surface area (TPSA) is 25.8 Å². The Labute approximate surface area is 171 Å². The van der Waals surface area contributed by atoms with E-state index in [0.29, 0.717) is 5.82 Å². The Kier molecular flexibility index (Phi) is 10.8. The Morgan fingerprint density at radius 2 is 1.29 bits per heavy atom. The van der Waals surface area contributed by atoms with Gasteiger partial charge in [-0.3, -0.25) is 0 Å². The van der Waals surface area contributed by atoms with Gasteiger partial charge in [-0.2, -0.15) is 0 Å². The van der Waals surface area contributed by atoms with Crippen molar-refractivity contribution in [2.75, 3.05) is 0 Å². The van der Waals surface area contributed by atoms with Gasteiger partial charge in [-0.05, 0) is 42.9 Å². The predicted octanol–water partition coefficient (Wildman–Crippen LogP) is 7.70. The van der Waals surface area contributed by atoms with Gasteiger partial charge in [0, 0.05) is 18.0 Å². The van der Waals surface area contributed by atoms with Crippen molar-refractivity contribution >= 4 is 0 Å². The van der Waals surface area contributed by atoms with Crippen LogP contribution in [0.15, 0.2) is 30.6 Å². The molecule has 2 aromatic rings. The van der Waals surface area contributed by atoms with Crippen LogP contribution in [-0.4, -0.2) is 9.97 Å². The lowest BCUT2D eigenvalue weighted by atomic mass is 10.0. The molecule has 0 N–H and O–H groups in total. The van der Waals surface area contributed by atoms with Gasteiger partial charge in [0.25, 0.3) is 0 Å². The maximum absolute atomic E-state index is 14.4.